The first-order valence-electron chi connectivity index (χ1n) is 10.9. The molecule has 6 heteroatoms. The quantitative estimate of drug-likeness (QED) is 0.693. The third-order valence-corrected chi connectivity index (χ3v) is 5.74. The predicted molar refractivity (Wildman–Crippen MR) is 124 cm³/mol. The highest BCUT2D eigenvalue weighted by Gasteiger charge is 2.45. The van der Waals surface area contributed by atoms with Gasteiger partial charge >= 0.3 is 0 Å². The first-order valence-corrected chi connectivity index (χ1v) is 10.9. The van der Waals surface area contributed by atoms with Gasteiger partial charge in [0.15, 0.2) is 0 Å². The summed E-state index contributed by atoms with van der Waals surface area (Å²) in [6.45, 7) is 8.28. The lowest BCUT2D eigenvalue weighted by molar-refractivity contribution is 0.109. The van der Waals surface area contributed by atoms with E-state index in [0.717, 1.165) is 28.7 Å². The van der Waals surface area contributed by atoms with Crippen molar-refractivity contribution in [3.8, 4) is 23.5 Å². The fourth-order valence-corrected chi connectivity index (χ4v) is 4.21. The summed E-state index contributed by atoms with van der Waals surface area (Å²) in [5.41, 5.74) is 10.2. The van der Waals surface area contributed by atoms with E-state index in [1.54, 1.807) is 0 Å². The van der Waals surface area contributed by atoms with E-state index in [1.165, 1.54) is 5.57 Å². The lowest BCUT2D eigenvalue weighted by Crippen LogP contribution is -2.42. The van der Waals surface area contributed by atoms with Crippen molar-refractivity contribution in [2.24, 2.45) is 16.1 Å². The maximum Gasteiger partial charge on any atom is 0.225 e. The van der Waals surface area contributed by atoms with Crippen LogP contribution in [0.2, 0.25) is 0 Å². The summed E-state index contributed by atoms with van der Waals surface area (Å²) in [5.74, 6) is 8.28. The molecule has 3 aliphatic rings. The number of fused-ring (bicyclic) bond motifs is 4. The monoisotopic (exact) mass is 429 g/mol. The number of rotatable bonds is 1. The molecule has 0 saturated heterocycles. The molecule has 0 saturated carbocycles. The van der Waals surface area contributed by atoms with Crippen molar-refractivity contribution >= 4 is 11.4 Å². The van der Waals surface area contributed by atoms with Gasteiger partial charge in [0.1, 0.15) is 23.7 Å². The molecule has 0 unspecified atom stereocenters. The Morgan fingerprint density at radius 1 is 1.12 bits per heavy atom. The molecule has 1 atom stereocenters. The number of ether oxygens (including phenoxy) is 3. The van der Waals surface area contributed by atoms with Crippen molar-refractivity contribution < 1.29 is 14.2 Å². The number of aromatic nitrogens is 1. The number of amidine groups is 1. The van der Waals surface area contributed by atoms with Crippen LogP contribution in [-0.4, -0.2) is 37.2 Å². The number of hydrogen-bond acceptors (Lipinski definition) is 6. The van der Waals surface area contributed by atoms with E-state index in [0.29, 0.717) is 43.9 Å². The molecule has 2 N–H and O–H groups in total. The Labute approximate surface area is 188 Å². The van der Waals surface area contributed by atoms with Crippen LogP contribution in [0, 0.1) is 17.3 Å². The van der Waals surface area contributed by atoms with E-state index in [9.17, 15) is 0 Å². The molecule has 0 amide bonds. The van der Waals surface area contributed by atoms with Crippen LogP contribution >= 0.6 is 0 Å². The first kappa shape index (κ1) is 20.7. The van der Waals surface area contributed by atoms with Gasteiger partial charge in [-0.3, -0.25) is 4.99 Å². The van der Waals surface area contributed by atoms with Crippen molar-refractivity contribution in [2.75, 3.05) is 26.4 Å². The average molecular weight is 430 g/mol. The first-order chi connectivity index (χ1) is 15.3. The van der Waals surface area contributed by atoms with Crippen molar-refractivity contribution in [1.29, 1.82) is 0 Å². The number of hydrogen-bond donors (Lipinski definition) is 1. The van der Waals surface area contributed by atoms with Crippen LogP contribution in [-0.2, 0) is 15.0 Å². The van der Waals surface area contributed by atoms with Gasteiger partial charge in [0, 0.05) is 28.3 Å². The Hall–Kier alpha value is -3.14. The van der Waals surface area contributed by atoms with E-state index in [1.807, 2.05) is 24.4 Å². The lowest BCUT2D eigenvalue weighted by Gasteiger charge is -2.39. The average Bonchev–Trinajstić information content (AvgIpc) is 2.78. The molecule has 164 valence electrons. The number of aliphatic imine (C=N–C) groups is 1. The molecule has 2 aromatic rings. The van der Waals surface area contributed by atoms with Gasteiger partial charge in [-0.15, -0.1) is 0 Å². The molecule has 5 rings (SSSR count). The number of benzene rings is 1. The third kappa shape index (κ3) is 3.79. The molecule has 0 aliphatic carbocycles. The third-order valence-electron chi connectivity index (χ3n) is 5.74. The highest BCUT2D eigenvalue weighted by Crippen LogP contribution is 2.50. The summed E-state index contributed by atoms with van der Waals surface area (Å²) >= 11 is 0. The van der Waals surface area contributed by atoms with E-state index >= 15 is 0 Å². The minimum absolute atomic E-state index is 0.0938. The standard InChI is InChI=1S/C26H27N3O3/c1-25(2,3)9-6-17-4-5-22-20(12-17)26(16-31-15-23(27)29-26)21-13-19(14-28-24(21)32-22)18-7-10-30-11-8-18/h4-5,7,12-14H,8,10-11,15-16H2,1-3H3,(H2,27,29)/t26-/m0/s1. The fraction of sp³-hybridized carbons (Fsp3) is 0.385. The minimum atomic E-state index is -0.820. The molecule has 0 radical (unpaired) electrons. The van der Waals surface area contributed by atoms with Gasteiger partial charge in [0.2, 0.25) is 5.88 Å². The number of pyridine rings is 1. The van der Waals surface area contributed by atoms with Gasteiger partial charge in [-0.2, -0.15) is 0 Å². The van der Waals surface area contributed by atoms with Crippen LogP contribution in [0.15, 0.2) is 41.5 Å². The van der Waals surface area contributed by atoms with Crippen molar-refractivity contribution in [3.05, 3.63) is 58.8 Å². The molecule has 0 bridgehead atoms. The molecule has 1 aromatic heterocycles. The maximum atomic E-state index is 6.21. The highest BCUT2D eigenvalue weighted by atomic mass is 16.5. The van der Waals surface area contributed by atoms with Crippen LogP contribution < -0.4 is 10.5 Å². The molecule has 1 aromatic carbocycles. The number of nitrogens with zero attached hydrogens (tertiary/aromatic N) is 2. The topological polar surface area (TPSA) is 79.0 Å². The summed E-state index contributed by atoms with van der Waals surface area (Å²) in [6, 6.07) is 8.06. The van der Waals surface area contributed by atoms with Crippen molar-refractivity contribution in [2.45, 2.75) is 32.7 Å². The summed E-state index contributed by atoms with van der Waals surface area (Å²) < 4.78 is 17.6. The molecule has 4 heterocycles. The lowest BCUT2D eigenvalue weighted by atomic mass is 9.80. The van der Waals surface area contributed by atoms with E-state index < -0.39 is 5.54 Å². The van der Waals surface area contributed by atoms with Crippen LogP contribution in [0.5, 0.6) is 11.6 Å². The Kier molecular flexibility index (Phi) is 5.04. The fourth-order valence-electron chi connectivity index (χ4n) is 4.21. The molecule has 32 heavy (non-hydrogen) atoms. The van der Waals surface area contributed by atoms with Crippen LogP contribution in [0.1, 0.15) is 49.4 Å². The molecule has 3 aliphatic heterocycles. The van der Waals surface area contributed by atoms with Crippen molar-refractivity contribution in [1.82, 2.24) is 4.98 Å². The smallest absolute Gasteiger partial charge is 0.225 e. The normalized spacial score (nSPS) is 22.0. The zero-order valence-electron chi connectivity index (χ0n) is 18.7. The Bertz CT molecular complexity index is 1200. The van der Waals surface area contributed by atoms with Gasteiger partial charge in [-0.25, -0.2) is 4.98 Å². The Balaban J connectivity index is 1.68. The van der Waals surface area contributed by atoms with Crippen LogP contribution in [0.25, 0.3) is 5.57 Å². The van der Waals surface area contributed by atoms with Crippen LogP contribution in [0.3, 0.4) is 0 Å². The second-order valence-electron chi connectivity index (χ2n) is 9.40. The van der Waals surface area contributed by atoms with Crippen molar-refractivity contribution in [3.63, 3.8) is 0 Å². The summed E-state index contributed by atoms with van der Waals surface area (Å²) in [4.78, 5) is 9.61. The second kappa shape index (κ2) is 7.77. The van der Waals surface area contributed by atoms with Gasteiger partial charge < -0.3 is 19.9 Å². The van der Waals surface area contributed by atoms with E-state index in [4.69, 9.17) is 24.9 Å². The molecular formula is C26H27N3O3. The maximum absolute atomic E-state index is 6.21. The summed E-state index contributed by atoms with van der Waals surface area (Å²) in [6.07, 6.45) is 4.81. The van der Waals surface area contributed by atoms with Gasteiger partial charge in [0.05, 0.1) is 19.8 Å². The molecular weight excluding hydrogens is 402 g/mol. The zero-order valence-corrected chi connectivity index (χ0v) is 18.7. The zero-order chi connectivity index (χ0) is 22.3. The van der Waals surface area contributed by atoms with E-state index in [2.05, 4.69) is 49.7 Å². The molecule has 6 nitrogen and oxygen atoms in total. The molecule has 1 spiro atoms. The Morgan fingerprint density at radius 3 is 2.75 bits per heavy atom. The SMILES string of the molecule is CC(C)(C)C#Cc1ccc2c(c1)[C@@]1(COCC(N)=N1)c1cc(C3=CCOCC3)cnc1O2. The predicted octanol–water partition coefficient (Wildman–Crippen LogP) is 4.02. The highest BCUT2D eigenvalue weighted by molar-refractivity contribution is 5.84. The molecule has 0 fully saturated rings. The minimum Gasteiger partial charge on any atom is -0.438 e. The van der Waals surface area contributed by atoms with E-state index in [-0.39, 0.29) is 5.41 Å². The second-order valence-corrected chi connectivity index (χ2v) is 9.40. The number of nitrogens with two attached hydrogens (primary N) is 1. The summed E-state index contributed by atoms with van der Waals surface area (Å²) in [5, 5.41) is 0. The van der Waals surface area contributed by atoms with Crippen LogP contribution in [0.4, 0.5) is 0 Å². The summed E-state index contributed by atoms with van der Waals surface area (Å²) in [7, 11) is 0. The largest absolute Gasteiger partial charge is 0.438 e. The van der Waals surface area contributed by atoms with Gasteiger partial charge in [-0.05, 0) is 62.6 Å². The Morgan fingerprint density at radius 2 is 2.00 bits per heavy atom. The van der Waals surface area contributed by atoms with Gasteiger partial charge in [-0.1, -0.05) is 17.9 Å². The van der Waals surface area contributed by atoms with Gasteiger partial charge in [0.25, 0.3) is 0 Å².